The van der Waals surface area contributed by atoms with Crippen LogP contribution in [0.25, 0.3) is 11.3 Å². The number of rotatable bonds is 8. The number of carbonyl (C=O) groups excluding carboxylic acids is 1. The van der Waals surface area contributed by atoms with Crippen molar-refractivity contribution in [2.24, 2.45) is 0 Å². The van der Waals surface area contributed by atoms with Crippen molar-refractivity contribution < 1.29 is 23.5 Å². The Labute approximate surface area is 191 Å². The zero-order chi connectivity index (χ0) is 22.5. The maximum absolute atomic E-state index is 13.3. The average molecular weight is 457 g/mol. The highest BCUT2D eigenvalue weighted by atomic mass is 35.5. The van der Waals surface area contributed by atoms with E-state index in [2.05, 4.69) is 5.16 Å². The molecule has 1 fully saturated rings. The molecule has 4 rings (SSSR count). The molecule has 168 valence electrons. The molecule has 1 aliphatic rings. The first-order chi connectivity index (χ1) is 15.6. The minimum Gasteiger partial charge on any atom is -0.497 e. The van der Waals surface area contributed by atoms with Gasteiger partial charge in [0.05, 0.1) is 43.0 Å². The number of benzene rings is 2. The van der Waals surface area contributed by atoms with Crippen LogP contribution in [-0.2, 0) is 11.3 Å². The Morgan fingerprint density at radius 3 is 2.75 bits per heavy atom. The zero-order valence-electron chi connectivity index (χ0n) is 18.0. The molecule has 0 N–H and O–H groups in total. The van der Waals surface area contributed by atoms with Gasteiger partial charge in [0.15, 0.2) is 5.76 Å². The molecule has 0 radical (unpaired) electrons. The van der Waals surface area contributed by atoms with E-state index in [1.807, 2.05) is 12.1 Å². The lowest BCUT2D eigenvalue weighted by Gasteiger charge is -2.25. The molecule has 32 heavy (non-hydrogen) atoms. The fourth-order valence-electron chi connectivity index (χ4n) is 3.77. The van der Waals surface area contributed by atoms with Gasteiger partial charge in [0.25, 0.3) is 5.91 Å². The summed E-state index contributed by atoms with van der Waals surface area (Å²) in [5.41, 5.74) is 1.78. The monoisotopic (exact) mass is 456 g/mol. The second-order valence-electron chi connectivity index (χ2n) is 7.55. The van der Waals surface area contributed by atoms with Gasteiger partial charge in [-0.05, 0) is 43.2 Å². The van der Waals surface area contributed by atoms with E-state index in [9.17, 15) is 4.79 Å². The highest BCUT2D eigenvalue weighted by molar-refractivity contribution is 6.33. The predicted octanol–water partition coefficient (Wildman–Crippen LogP) is 4.83. The second-order valence-corrected chi connectivity index (χ2v) is 7.96. The molecule has 1 aromatic heterocycles. The van der Waals surface area contributed by atoms with Gasteiger partial charge >= 0.3 is 0 Å². The van der Waals surface area contributed by atoms with E-state index >= 15 is 0 Å². The van der Waals surface area contributed by atoms with Crippen molar-refractivity contribution in [2.75, 3.05) is 27.4 Å². The maximum atomic E-state index is 13.3. The summed E-state index contributed by atoms with van der Waals surface area (Å²) in [7, 11) is 3.19. The molecule has 8 heteroatoms. The first-order valence-corrected chi connectivity index (χ1v) is 10.8. The zero-order valence-corrected chi connectivity index (χ0v) is 18.8. The first-order valence-electron chi connectivity index (χ1n) is 10.4. The van der Waals surface area contributed by atoms with Gasteiger partial charge in [-0.25, -0.2) is 0 Å². The molecule has 0 bridgehead atoms. The van der Waals surface area contributed by atoms with Crippen LogP contribution in [0.5, 0.6) is 11.5 Å². The number of nitrogens with zero attached hydrogens (tertiary/aromatic N) is 2. The van der Waals surface area contributed by atoms with E-state index in [1.165, 1.54) is 0 Å². The summed E-state index contributed by atoms with van der Waals surface area (Å²) in [5, 5.41) is 4.61. The molecular formula is C24H25ClN2O5. The number of carbonyl (C=O) groups is 1. The number of hydrogen-bond acceptors (Lipinski definition) is 6. The molecule has 1 amide bonds. The van der Waals surface area contributed by atoms with Crippen LogP contribution in [0.2, 0.25) is 5.02 Å². The summed E-state index contributed by atoms with van der Waals surface area (Å²) in [5.74, 6) is 1.66. The van der Waals surface area contributed by atoms with Crippen LogP contribution in [0.3, 0.4) is 0 Å². The molecule has 7 nitrogen and oxygen atoms in total. The van der Waals surface area contributed by atoms with Crippen LogP contribution in [-0.4, -0.2) is 49.4 Å². The summed E-state index contributed by atoms with van der Waals surface area (Å²) < 4.78 is 22.1. The van der Waals surface area contributed by atoms with Crippen LogP contribution < -0.4 is 9.47 Å². The Morgan fingerprint density at radius 1 is 1.19 bits per heavy atom. The highest BCUT2D eigenvalue weighted by Crippen LogP contribution is 2.34. The third-order valence-electron chi connectivity index (χ3n) is 5.42. The fourth-order valence-corrected chi connectivity index (χ4v) is 3.99. The van der Waals surface area contributed by atoms with Crippen molar-refractivity contribution in [3.8, 4) is 22.8 Å². The van der Waals surface area contributed by atoms with Gasteiger partial charge in [0.2, 0.25) is 0 Å². The topological polar surface area (TPSA) is 74.0 Å². The molecule has 2 heterocycles. The minimum absolute atomic E-state index is 0.00807. The maximum Gasteiger partial charge on any atom is 0.255 e. The number of methoxy groups -OCH3 is 2. The molecule has 0 spiro atoms. The third kappa shape index (κ3) is 4.89. The lowest BCUT2D eigenvalue weighted by molar-refractivity contribution is 0.0502. The van der Waals surface area contributed by atoms with E-state index in [0.29, 0.717) is 52.3 Å². The lowest BCUT2D eigenvalue weighted by Crippen LogP contribution is -2.37. The minimum atomic E-state index is -0.172. The average Bonchev–Trinajstić information content (AvgIpc) is 3.50. The van der Waals surface area contributed by atoms with Crippen LogP contribution >= 0.6 is 11.6 Å². The molecular weight excluding hydrogens is 432 g/mol. The van der Waals surface area contributed by atoms with Crippen LogP contribution in [0, 0.1) is 0 Å². The van der Waals surface area contributed by atoms with Gasteiger partial charge in [-0.3, -0.25) is 4.79 Å². The number of hydrogen-bond donors (Lipinski definition) is 0. The van der Waals surface area contributed by atoms with Gasteiger partial charge in [0.1, 0.15) is 17.2 Å². The molecule has 0 saturated carbocycles. The SMILES string of the molecule is COc1ccc(OC)c(-c2cc(CN(C[C@H]3CCCO3)C(=O)c3ccccc3Cl)no2)c1. The summed E-state index contributed by atoms with van der Waals surface area (Å²) in [4.78, 5) is 15.0. The van der Waals surface area contributed by atoms with Crippen molar-refractivity contribution >= 4 is 17.5 Å². The fraction of sp³-hybridized carbons (Fsp3) is 0.333. The van der Waals surface area contributed by atoms with Gasteiger partial charge < -0.3 is 23.6 Å². The van der Waals surface area contributed by atoms with Crippen LogP contribution in [0.4, 0.5) is 0 Å². The summed E-state index contributed by atoms with van der Waals surface area (Å²) in [6, 6.07) is 14.3. The van der Waals surface area contributed by atoms with Gasteiger partial charge in [-0.15, -0.1) is 0 Å². The van der Waals surface area contributed by atoms with Crippen molar-refractivity contribution in [1.29, 1.82) is 0 Å². The molecule has 0 aliphatic carbocycles. The molecule has 2 aromatic carbocycles. The van der Waals surface area contributed by atoms with E-state index in [-0.39, 0.29) is 18.6 Å². The second kappa shape index (κ2) is 10.1. The Hall–Kier alpha value is -3.03. The number of amides is 1. The van der Waals surface area contributed by atoms with Crippen molar-refractivity contribution in [3.05, 3.63) is 64.8 Å². The Morgan fingerprint density at radius 2 is 2.03 bits per heavy atom. The normalized spacial score (nSPS) is 15.5. The standard InChI is InChI=1S/C24H25ClN2O5/c1-29-17-9-10-22(30-2)20(13-17)23-12-16(26-32-23)14-27(15-18-6-5-11-31-18)24(28)19-7-3-4-8-21(19)25/h3-4,7-10,12-13,18H,5-6,11,14-15H2,1-2H3/t18-/m1/s1. The number of aromatic nitrogens is 1. The molecule has 1 saturated heterocycles. The Kier molecular flexibility index (Phi) is 6.97. The van der Waals surface area contributed by atoms with Crippen molar-refractivity contribution in [3.63, 3.8) is 0 Å². The highest BCUT2D eigenvalue weighted by Gasteiger charge is 2.26. The summed E-state index contributed by atoms with van der Waals surface area (Å²) in [6.07, 6.45) is 1.89. The number of halogens is 1. The van der Waals surface area contributed by atoms with E-state index in [4.69, 9.17) is 30.3 Å². The first kappa shape index (κ1) is 22.2. The molecule has 1 atom stereocenters. The summed E-state index contributed by atoms with van der Waals surface area (Å²) in [6.45, 7) is 1.43. The van der Waals surface area contributed by atoms with Gasteiger partial charge in [-0.2, -0.15) is 0 Å². The molecule has 0 unspecified atom stereocenters. The molecule has 3 aromatic rings. The number of ether oxygens (including phenoxy) is 3. The summed E-state index contributed by atoms with van der Waals surface area (Å²) >= 11 is 6.29. The predicted molar refractivity (Wildman–Crippen MR) is 120 cm³/mol. The lowest BCUT2D eigenvalue weighted by atomic mass is 10.1. The van der Waals surface area contributed by atoms with Crippen LogP contribution in [0.15, 0.2) is 53.1 Å². The van der Waals surface area contributed by atoms with Crippen LogP contribution in [0.1, 0.15) is 28.9 Å². The van der Waals surface area contributed by atoms with Crippen molar-refractivity contribution in [1.82, 2.24) is 10.1 Å². The van der Waals surface area contributed by atoms with Crippen molar-refractivity contribution in [2.45, 2.75) is 25.5 Å². The van der Waals surface area contributed by atoms with E-state index in [1.54, 1.807) is 55.5 Å². The Balaban J connectivity index is 1.60. The van der Waals surface area contributed by atoms with Gasteiger partial charge in [0, 0.05) is 19.2 Å². The quantitative estimate of drug-likeness (QED) is 0.483. The van der Waals surface area contributed by atoms with Gasteiger partial charge in [-0.1, -0.05) is 28.9 Å². The largest absolute Gasteiger partial charge is 0.497 e. The van der Waals surface area contributed by atoms with E-state index in [0.717, 1.165) is 12.8 Å². The van der Waals surface area contributed by atoms with E-state index < -0.39 is 0 Å². The third-order valence-corrected chi connectivity index (χ3v) is 5.75. The Bertz CT molecular complexity index is 1080. The molecule has 1 aliphatic heterocycles. The smallest absolute Gasteiger partial charge is 0.255 e.